The summed E-state index contributed by atoms with van der Waals surface area (Å²) in [6, 6.07) is 8.20. The van der Waals surface area contributed by atoms with E-state index in [0.29, 0.717) is 11.0 Å². The summed E-state index contributed by atoms with van der Waals surface area (Å²) in [6.45, 7) is 4.65. The molecule has 0 aliphatic heterocycles. The normalized spacial score (nSPS) is 10.8. The first-order chi connectivity index (χ1) is 8.11. The van der Waals surface area contributed by atoms with Crippen molar-refractivity contribution in [2.75, 3.05) is 0 Å². The molecule has 3 nitrogen and oxygen atoms in total. The average molecular weight is 295 g/mol. The zero-order chi connectivity index (χ0) is 12.4. The molecule has 2 rings (SSSR count). The summed E-state index contributed by atoms with van der Waals surface area (Å²) in [4.78, 5) is 11.9. The molecule has 0 saturated carbocycles. The molecular formula is C13H15BrN2O. The average Bonchev–Trinajstić information content (AvgIpc) is 2.60. The standard InChI is InChI=1S/C13H15BrN2O/c1-3-11-12(14)13(17)16(15-11)8-10-6-4-9(2)5-7-10/h4-7,15H,3,8H2,1-2H3. The second-order valence-corrected chi connectivity index (χ2v) is 4.93. The van der Waals surface area contributed by atoms with Crippen LogP contribution >= 0.6 is 15.9 Å². The molecule has 0 aliphatic carbocycles. The Hall–Kier alpha value is -1.29. The monoisotopic (exact) mass is 294 g/mol. The zero-order valence-electron chi connectivity index (χ0n) is 9.96. The van der Waals surface area contributed by atoms with Gasteiger partial charge in [0.25, 0.3) is 5.56 Å². The van der Waals surface area contributed by atoms with Crippen molar-refractivity contribution in [1.82, 2.24) is 9.78 Å². The topological polar surface area (TPSA) is 37.8 Å². The summed E-state index contributed by atoms with van der Waals surface area (Å²) in [6.07, 6.45) is 0.816. The number of H-pyrrole nitrogens is 1. The van der Waals surface area contributed by atoms with Crippen molar-refractivity contribution in [3.63, 3.8) is 0 Å². The van der Waals surface area contributed by atoms with E-state index in [-0.39, 0.29) is 5.56 Å². The molecule has 1 aromatic heterocycles. The van der Waals surface area contributed by atoms with Crippen LogP contribution in [0.3, 0.4) is 0 Å². The fourth-order valence-corrected chi connectivity index (χ4v) is 2.32. The highest BCUT2D eigenvalue weighted by Crippen LogP contribution is 2.11. The Bertz CT molecular complexity index is 566. The summed E-state index contributed by atoms with van der Waals surface area (Å²) in [5.41, 5.74) is 3.29. The molecule has 0 bridgehead atoms. The number of hydrogen-bond acceptors (Lipinski definition) is 1. The second kappa shape index (κ2) is 4.92. The molecular weight excluding hydrogens is 280 g/mol. The van der Waals surface area contributed by atoms with Gasteiger partial charge in [-0.05, 0) is 34.8 Å². The molecule has 2 aromatic rings. The Kier molecular flexibility index (Phi) is 3.52. The molecule has 4 heteroatoms. The molecule has 0 atom stereocenters. The Morgan fingerprint density at radius 2 is 1.94 bits per heavy atom. The van der Waals surface area contributed by atoms with E-state index in [1.807, 2.05) is 19.1 Å². The third-order valence-corrected chi connectivity index (χ3v) is 3.60. The number of benzene rings is 1. The van der Waals surface area contributed by atoms with Gasteiger partial charge < -0.3 is 0 Å². The molecule has 17 heavy (non-hydrogen) atoms. The third kappa shape index (κ3) is 2.52. The maximum absolute atomic E-state index is 11.9. The Labute approximate surface area is 109 Å². The highest BCUT2D eigenvalue weighted by atomic mass is 79.9. The molecule has 0 fully saturated rings. The van der Waals surface area contributed by atoms with Gasteiger partial charge in [0.1, 0.15) is 4.47 Å². The van der Waals surface area contributed by atoms with Crippen LogP contribution in [-0.2, 0) is 13.0 Å². The summed E-state index contributed by atoms with van der Waals surface area (Å²) < 4.78 is 2.28. The van der Waals surface area contributed by atoms with Gasteiger partial charge in [-0.2, -0.15) is 0 Å². The first-order valence-electron chi connectivity index (χ1n) is 5.64. The van der Waals surface area contributed by atoms with E-state index in [1.54, 1.807) is 4.68 Å². The lowest BCUT2D eigenvalue weighted by molar-refractivity contribution is 0.652. The van der Waals surface area contributed by atoms with Crippen LogP contribution in [0.4, 0.5) is 0 Å². The van der Waals surface area contributed by atoms with Gasteiger partial charge >= 0.3 is 0 Å². The fraction of sp³-hybridized carbons (Fsp3) is 0.308. The smallest absolute Gasteiger partial charge is 0.281 e. The van der Waals surface area contributed by atoms with Crippen molar-refractivity contribution in [3.8, 4) is 0 Å². The molecule has 1 N–H and O–H groups in total. The van der Waals surface area contributed by atoms with Crippen LogP contribution in [0.2, 0.25) is 0 Å². The molecule has 1 aromatic carbocycles. The number of aromatic amines is 1. The highest BCUT2D eigenvalue weighted by molar-refractivity contribution is 9.10. The SMILES string of the molecule is CCc1[nH]n(Cc2ccc(C)cc2)c(=O)c1Br. The number of nitrogens with zero attached hydrogens (tertiary/aromatic N) is 1. The molecule has 0 unspecified atom stereocenters. The lowest BCUT2D eigenvalue weighted by Gasteiger charge is -2.02. The quantitative estimate of drug-likeness (QED) is 0.929. The highest BCUT2D eigenvalue weighted by Gasteiger charge is 2.09. The lowest BCUT2D eigenvalue weighted by atomic mass is 10.1. The van der Waals surface area contributed by atoms with Gasteiger partial charge in [0.05, 0.1) is 12.2 Å². The minimum absolute atomic E-state index is 0.00225. The van der Waals surface area contributed by atoms with Gasteiger partial charge in [-0.1, -0.05) is 36.8 Å². The zero-order valence-corrected chi connectivity index (χ0v) is 11.5. The largest absolute Gasteiger partial charge is 0.298 e. The Morgan fingerprint density at radius 3 is 2.47 bits per heavy atom. The third-order valence-electron chi connectivity index (χ3n) is 2.78. The summed E-state index contributed by atoms with van der Waals surface area (Å²) >= 11 is 3.32. The van der Waals surface area contributed by atoms with Crippen molar-refractivity contribution in [2.45, 2.75) is 26.8 Å². The van der Waals surface area contributed by atoms with Crippen LogP contribution < -0.4 is 5.56 Å². The fourth-order valence-electron chi connectivity index (χ4n) is 1.73. The molecule has 1 heterocycles. The molecule has 0 radical (unpaired) electrons. The van der Waals surface area contributed by atoms with Gasteiger partial charge in [-0.3, -0.25) is 9.89 Å². The van der Waals surface area contributed by atoms with Crippen molar-refractivity contribution in [3.05, 3.63) is 55.9 Å². The van der Waals surface area contributed by atoms with E-state index in [9.17, 15) is 4.79 Å². The number of rotatable bonds is 3. The van der Waals surface area contributed by atoms with Gasteiger partial charge in [0.2, 0.25) is 0 Å². The van der Waals surface area contributed by atoms with Crippen LogP contribution in [0.25, 0.3) is 0 Å². The maximum Gasteiger partial charge on any atom is 0.281 e. The van der Waals surface area contributed by atoms with Gasteiger partial charge in [-0.15, -0.1) is 0 Å². The summed E-state index contributed by atoms with van der Waals surface area (Å²) in [5, 5.41) is 3.12. The molecule has 0 amide bonds. The van der Waals surface area contributed by atoms with E-state index >= 15 is 0 Å². The van der Waals surface area contributed by atoms with Crippen LogP contribution in [0.15, 0.2) is 33.5 Å². The number of hydrogen-bond donors (Lipinski definition) is 1. The first kappa shape index (κ1) is 12.2. The Morgan fingerprint density at radius 1 is 1.29 bits per heavy atom. The first-order valence-corrected chi connectivity index (χ1v) is 6.44. The van der Waals surface area contributed by atoms with Crippen LogP contribution in [0.1, 0.15) is 23.7 Å². The van der Waals surface area contributed by atoms with Crippen molar-refractivity contribution in [2.24, 2.45) is 0 Å². The maximum atomic E-state index is 11.9. The van der Waals surface area contributed by atoms with E-state index in [1.165, 1.54) is 5.56 Å². The predicted molar refractivity (Wildman–Crippen MR) is 72.4 cm³/mol. The molecule has 90 valence electrons. The summed E-state index contributed by atoms with van der Waals surface area (Å²) in [7, 11) is 0. The van der Waals surface area contributed by atoms with Crippen LogP contribution in [-0.4, -0.2) is 9.78 Å². The van der Waals surface area contributed by atoms with E-state index in [4.69, 9.17) is 0 Å². The molecule has 0 saturated heterocycles. The van der Waals surface area contributed by atoms with Crippen molar-refractivity contribution < 1.29 is 0 Å². The molecule has 0 aliphatic rings. The van der Waals surface area contributed by atoms with Crippen molar-refractivity contribution in [1.29, 1.82) is 0 Å². The van der Waals surface area contributed by atoms with Crippen LogP contribution in [0.5, 0.6) is 0 Å². The second-order valence-electron chi connectivity index (χ2n) is 4.13. The van der Waals surface area contributed by atoms with E-state index in [2.05, 4.69) is 40.1 Å². The van der Waals surface area contributed by atoms with E-state index in [0.717, 1.165) is 17.7 Å². The minimum atomic E-state index is 0.00225. The van der Waals surface area contributed by atoms with Crippen molar-refractivity contribution >= 4 is 15.9 Å². The number of aryl methyl sites for hydroxylation is 2. The van der Waals surface area contributed by atoms with Gasteiger partial charge in [0.15, 0.2) is 0 Å². The number of halogens is 1. The summed E-state index contributed by atoms with van der Waals surface area (Å²) in [5.74, 6) is 0. The van der Waals surface area contributed by atoms with Gasteiger partial charge in [-0.25, -0.2) is 4.68 Å². The lowest BCUT2D eigenvalue weighted by Crippen LogP contribution is -2.17. The number of aromatic nitrogens is 2. The molecule has 0 spiro atoms. The van der Waals surface area contributed by atoms with Crippen LogP contribution in [0, 0.1) is 6.92 Å². The van der Waals surface area contributed by atoms with Gasteiger partial charge in [0, 0.05) is 0 Å². The predicted octanol–water partition coefficient (Wildman–Crippen LogP) is 2.86. The Balaban J connectivity index is 2.30. The number of nitrogens with one attached hydrogen (secondary N) is 1. The minimum Gasteiger partial charge on any atom is -0.298 e. The van der Waals surface area contributed by atoms with E-state index < -0.39 is 0 Å².